The van der Waals surface area contributed by atoms with Gasteiger partial charge in [-0.2, -0.15) is 0 Å². The zero-order valence-electron chi connectivity index (χ0n) is 12.7. The second-order valence-electron chi connectivity index (χ2n) is 5.04. The first kappa shape index (κ1) is 16.5. The summed E-state index contributed by atoms with van der Waals surface area (Å²) in [6.07, 6.45) is 1.22. The maximum atomic E-state index is 12.5. The van der Waals surface area contributed by atoms with E-state index in [1.54, 1.807) is 17.9 Å². The Kier molecular flexibility index (Phi) is 5.60. The molecule has 0 spiro atoms. The number of halogens is 1. The maximum Gasteiger partial charge on any atom is 0.309 e. The Labute approximate surface area is 134 Å². The minimum atomic E-state index is -0.178. The Morgan fingerprint density at radius 2 is 2.05 bits per heavy atom. The van der Waals surface area contributed by atoms with Crippen molar-refractivity contribution >= 4 is 23.5 Å². The van der Waals surface area contributed by atoms with Gasteiger partial charge in [0.05, 0.1) is 19.6 Å². The van der Waals surface area contributed by atoms with E-state index in [1.807, 2.05) is 0 Å². The number of rotatable bonds is 4. The highest BCUT2D eigenvalue weighted by atomic mass is 35.5. The fourth-order valence-electron chi connectivity index (χ4n) is 2.46. The molecule has 120 valence electrons. The van der Waals surface area contributed by atoms with Gasteiger partial charge in [0.2, 0.25) is 5.88 Å². The second kappa shape index (κ2) is 7.45. The highest BCUT2D eigenvalue weighted by molar-refractivity contribution is 6.29. The number of aromatic nitrogens is 1. The maximum absolute atomic E-state index is 12.5. The summed E-state index contributed by atoms with van der Waals surface area (Å²) in [5, 5.41) is 0.212. The average molecular weight is 327 g/mol. The Hall–Kier alpha value is -1.82. The smallest absolute Gasteiger partial charge is 0.309 e. The van der Waals surface area contributed by atoms with Crippen molar-refractivity contribution in [3.05, 3.63) is 22.8 Å². The summed E-state index contributed by atoms with van der Waals surface area (Å²) in [4.78, 5) is 29.9. The van der Waals surface area contributed by atoms with Crippen LogP contribution >= 0.6 is 11.6 Å². The quantitative estimate of drug-likeness (QED) is 0.626. The summed E-state index contributed by atoms with van der Waals surface area (Å²) in [5.41, 5.74) is 0.437. The zero-order valence-corrected chi connectivity index (χ0v) is 13.4. The lowest BCUT2D eigenvalue weighted by atomic mass is 9.96. The van der Waals surface area contributed by atoms with Crippen LogP contribution in [0.2, 0.25) is 5.15 Å². The highest BCUT2D eigenvalue weighted by Crippen LogP contribution is 2.22. The van der Waals surface area contributed by atoms with E-state index in [4.69, 9.17) is 21.1 Å². The van der Waals surface area contributed by atoms with Crippen LogP contribution in [0.3, 0.4) is 0 Å². The fraction of sp³-hybridized carbons (Fsp3) is 0.533. The molecule has 0 bridgehead atoms. The van der Waals surface area contributed by atoms with E-state index < -0.39 is 0 Å². The molecule has 0 atom stereocenters. The van der Waals surface area contributed by atoms with Gasteiger partial charge < -0.3 is 14.4 Å². The normalized spacial score (nSPS) is 15.5. The first-order valence-corrected chi connectivity index (χ1v) is 7.60. The van der Waals surface area contributed by atoms with Crippen LogP contribution in [0.4, 0.5) is 0 Å². The Morgan fingerprint density at radius 1 is 1.36 bits per heavy atom. The molecule has 0 aromatic carbocycles. The molecule has 2 rings (SSSR count). The number of esters is 1. The molecule has 1 saturated heterocycles. The van der Waals surface area contributed by atoms with E-state index >= 15 is 0 Å². The number of pyridine rings is 1. The van der Waals surface area contributed by atoms with Crippen LogP contribution in [0.15, 0.2) is 12.1 Å². The third-order valence-corrected chi connectivity index (χ3v) is 3.82. The summed E-state index contributed by atoms with van der Waals surface area (Å²) in [7, 11) is 1.47. The van der Waals surface area contributed by atoms with Crippen LogP contribution < -0.4 is 4.74 Å². The molecule has 0 N–H and O–H groups in total. The van der Waals surface area contributed by atoms with Gasteiger partial charge in [-0.1, -0.05) is 11.6 Å². The van der Waals surface area contributed by atoms with E-state index in [0.717, 1.165) is 0 Å². The Bertz CT molecular complexity index is 556. The van der Waals surface area contributed by atoms with Crippen molar-refractivity contribution in [2.45, 2.75) is 19.8 Å². The van der Waals surface area contributed by atoms with E-state index in [1.165, 1.54) is 13.2 Å². The number of methoxy groups -OCH3 is 1. The molecule has 1 amide bonds. The fourth-order valence-corrected chi connectivity index (χ4v) is 2.66. The number of likely N-dealkylation sites (tertiary alicyclic amines) is 1. The molecule has 1 aromatic rings. The Morgan fingerprint density at radius 3 is 2.64 bits per heavy atom. The number of nitrogens with zero attached hydrogens (tertiary/aromatic N) is 2. The number of hydrogen-bond donors (Lipinski definition) is 0. The van der Waals surface area contributed by atoms with Crippen molar-refractivity contribution in [1.82, 2.24) is 9.88 Å². The third kappa shape index (κ3) is 3.88. The second-order valence-corrected chi connectivity index (χ2v) is 5.43. The third-order valence-electron chi connectivity index (χ3n) is 3.63. The number of carbonyl (C=O) groups is 2. The van der Waals surface area contributed by atoms with Crippen molar-refractivity contribution < 1.29 is 19.1 Å². The van der Waals surface area contributed by atoms with Gasteiger partial charge in [0.15, 0.2) is 0 Å². The monoisotopic (exact) mass is 326 g/mol. The molecular weight excluding hydrogens is 308 g/mol. The summed E-state index contributed by atoms with van der Waals surface area (Å²) >= 11 is 5.89. The topological polar surface area (TPSA) is 68.7 Å². The number of ether oxygens (including phenoxy) is 2. The van der Waals surface area contributed by atoms with Crippen molar-refractivity contribution in [3.63, 3.8) is 0 Å². The van der Waals surface area contributed by atoms with Crippen LogP contribution in [-0.4, -0.2) is 48.6 Å². The van der Waals surface area contributed by atoms with Gasteiger partial charge in [-0.25, -0.2) is 4.98 Å². The molecule has 1 aromatic heterocycles. The van der Waals surface area contributed by atoms with Crippen molar-refractivity contribution in [2.24, 2.45) is 5.92 Å². The van der Waals surface area contributed by atoms with E-state index in [9.17, 15) is 9.59 Å². The SMILES string of the molecule is CCOC(=O)C1CCN(C(=O)c2cc(Cl)nc(OC)c2)CC1. The largest absolute Gasteiger partial charge is 0.481 e. The lowest BCUT2D eigenvalue weighted by Gasteiger charge is -2.31. The van der Waals surface area contributed by atoms with E-state index in [-0.39, 0.29) is 22.9 Å². The first-order chi connectivity index (χ1) is 10.5. The van der Waals surface area contributed by atoms with Gasteiger partial charge >= 0.3 is 5.97 Å². The highest BCUT2D eigenvalue weighted by Gasteiger charge is 2.29. The molecular formula is C15H19ClN2O4. The van der Waals surface area contributed by atoms with Gasteiger partial charge in [0.25, 0.3) is 5.91 Å². The number of carbonyl (C=O) groups excluding carboxylic acids is 2. The van der Waals surface area contributed by atoms with E-state index in [2.05, 4.69) is 4.98 Å². The molecule has 1 aliphatic heterocycles. The minimum Gasteiger partial charge on any atom is -0.481 e. The molecule has 1 aliphatic rings. The van der Waals surface area contributed by atoms with Gasteiger partial charge in [-0.3, -0.25) is 9.59 Å². The van der Waals surface area contributed by atoms with Crippen molar-refractivity contribution in [2.75, 3.05) is 26.8 Å². The van der Waals surface area contributed by atoms with E-state index in [0.29, 0.717) is 44.0 Å². The average Bonchev–Trinajstić information content (AvgIpc) is 2.54. The summed E-state index contributed by atoms with van der Waals surface area (Å²) in [5.74, 6) is -0.134. The lowest BCUT2D eigenvalue weighted by Crippen LogP contribution is -2.40. The standard InChI is InChI=1S/C15H19ClN2O4/c1-3-22-15(20)10-4-6-18(7-5-10)14(19)11-8-12(16)17-13(9-11)21-2/h8-10H,3-7H2,1-2H3. The van der Waals surface area contributed by atoms with Crippen molar-refractivity contribution in [1.29, 1.82) is 0 Å². The van der Waals surface area contributed by atoms with Gasteiger partial charge in [0.1, 0.15) is 5.15 Å². The minimum absolute atomic E-state index is 0.125. The molecule has 0 unspecified atom stereocenters. The zero-order chi connectivity index (χ0) is 16.1. The van der Waals surface area contributed by atoms with Crippen LogP contribution in [0.25, 0.3) is 0 Å². The lowest BCUT2D eigenvalue weighted by molar-refractivity contribution is -0.149. The predicted molar refractivity (Wildman–Crippen MR) is 81.1 cm³/mol. The molecule has 22 heavy (non-hydrogen) atoms. The molecule has 1 fully saturated rings. The van der Waals surface area contributed by atoms with Crippen molar-refractivity contribution in [3.8, 4) is 5.88 Å². The van der Waals surface area contributed by atoms with Gasteiger partial charge in [0, 0.05) is 24.7 Å². The Balaban J connectivity index is 2.00. The van der Waals surface area contributed by atoms with Crippen LogP contribution in [0.5, 0.6) is 5.88 Å². The summed E-state index contributed by atoms with van der Waals surface area (Å²) in [6, 6.07) is 3.08. The molecule has 2 heterocycles. The van der Waals surface area contributed by atoms with Gasteiger partial charge in [-0.15, -0.1) is 0 Å². The molecule has 0 saturated carbocycles. The van der Waals surface area contributed by atoms with Crippen LogP contribution in [0, 0.1) is 5.92 Å². The number of hydrogen-bond acceptors (Lipinski definition) is 5. The number of piperidine rings is 1. The summed E-state index contributed by atoms with van der Waals surface area (Å²) < 4.78 is 10.0. The number of amides is 1. The first-order valence-electron chi connectivity index (χ1n) is 7.22. The summed E-state index contributed by atoms with van der Waals surface area (Å²) in [6.45, 7) is 3.21. The van der Waals surface area contributed by atoms with Crippen LogP contribution in [-0.2, 0) is 9.53 Å². The molecule has 0 aliphatic carbocycles. The molecule has 7 heteroatoms. The van der Waals surface area contributed by atoms with Gasteiger partial charge in [-0.05, 0) is 25.8 Å². The molecule has 0 radical (unpaired) electrons. The predicted octanol–water partition coefficient (Wildman–Crippen LogP) is 2.16. The molecule has 6 nitrogen and oxygen atoms in total. The van der Waals surface area contributed by atoms with Crippen LogP contribution in [0.1, 0.15) is 30.1 Å².